The number of thioether (sulfide) groups is 1. The van der Waals surface area contributed by atoms with Gasteiger partial charge in [0.05, 0.1) is 0 Å². The highest BCUT2D eigenvalue weighted by molar-refractivity contribution is 8.12. The summed E-state index contributed by atoms with van der Waals surface area (Å²) < 4.78 is 0. The molecule has 0 aliphatic heterocycles. The number of rotatable bonds is 1. The van der Waals surface area contributed by atoms with Crippen LogP contribution < -0.4 is 11.1 Å². The monoisotopic (exact) mass is 214 g/mol. The minimum atomic E-state index is -0.0357. The van der Waals surface area contributed by atoms with E-state index in [1.54, 1.807) is 6.26 Å². The minimum absolute atomic E-state index is 0.0134. The van der Waals surface area contributed by atoms with E-state index in [2.05, 4.69) is 11.4 Å². The number of nitrogens with one attached hydrogen (secondary N) is 1. The summed E-state index contributed by atoms with van der Waals surface area (Å²) in [5, 5.41) is 2.95. The Labute approximate surface area is 89.5 Å². The second-order valence-corrected chi connectivity index (χ2v) is 4.31. The van der Waals surface area contributed by atoms with Crippen LogP contribution in [0, 0.1) is 0 Å². The Bertz CT molecular complexity index is 218. The van der Waals surface area contributed by atoms with Crippen LogP contribution in [-0.4, -0.2) is 23.6 Å². The van der Waals surface area contributed by atoms with Gasteiger partial charge in [0, 0.05) is 12.1 Å². The summed E-state index contributed by atoms with van der Waals surface area (Å²) in [6.45, 7) is 0. The maximum absolute atomic E-state index is 11.2. The van der Waals surface area contributed by atoms with E-state index in [4.69, 9.17) is 5.73 Å². The highest BCUT2D eigenvalue weighted by atomic mass is 32.2. The van der Waals surface area contributed by atoms with Gasteiger partial charge in [-0.05, 0) is 25.5 Å². The molecule has 0 bridgehead atoms. The van der Waals surface area contributed by atoms with Crippen LogP contribution in [0.5, 0.6) is 0 Å². The molecule has 80 valence electrons. The lowest BCUT2D eigenvalue weighted by atomic mass is 9.98. The maximum Gasteiger partial charge on any atom is 0.279 e. The van der Waals surface area contributed by atoms with E-state index in [1.165, 1.54) is 18.2 Å². The molecule has 0 radical (unpaired) electrons. The molecule has 0 aromatic rings. The van der Waals surface area contributed by atoms with Crippen molar-refractivity contribution in [2.75, 3.05) is 6.26 Å². The van der Waals surface area contributed by atoms with E-state index in [0.717, 1.165) is 19.3 Å². The van der Waals surface area contributed by atoms with E-state index in [9.17, 15) is 4.79 Å². The molecule has 0 unspecified atom stereocenters. The third-order valence-corrected chi connectivity index (χ3v) is 2.94. The van der Waals surface area contributed by atoms with Gasteiger partial charge in [-0.2, -0.15) is 0 Å². The normalized spacial score (nSPS) is 30.1. The smallest absolute Gasteiger partial charge is 0.279 e. The lowest BCUT2D eigenvalue weighted by Crippen LogP contribution is -2.45. The van der Waals surface area contributed by atoms with Crippen molar-refractivity contribution in [1.29, 1.82) is 0 Å². The molecule has 4 heteroatoms. The van der Waals surface area contributed by atoms with E-state index in [-0.39, 0.29) is 17.3 Å². The van der Waals surface area contributed by atoms with E-state index in [1.807, 2.05) is 6.08 Å². The van der Waals surface area contributed by atoms with Crippen molar-refractivity contribution in [2.24, 2.45) is 5.73 Å². The summed E-state index contributed by atoms with van der Waals surface area (Å²) >= 11 is 1.20. The van der Waals surface area contributed by atoms with Crippen LogP contribution in [0.3, 0.4) is 0 Å². The molecule has 1 aliphatic carbocycles. The zero-order valence-corrected chi connectivity index (χ0v) is 9.35. The predicted molar refractivity (Wildman–Crippen MR) is 61.4 cm³/mol. The molecule has 0 spiro atoms. The number of allylic oxidation sites excluding steroid dienone is 1. The van der Waals surface area contributed by atoms with E-state index in [0.29, 0.717) is 0 Å². The zero-order chi connectivity index (χ0) is 10.4. The van der Waals surface area contributed by atoms with Crippen LogP contribution in [-0.2, 0) is 0 Å². The summed E-state index contributed by atoms with van der Waals surface area (Å²) in [5.41, 5.74) is 5.94. The third kappa shape index (κ3) is 3.72. The molecule has 1 amide bonds. The number of carbonyl (C=O) groups is 1. The average Bonchev–Trinajstić information content (AvgIpc) is 2.17. The fraction of sp³-hybridized carbons (Fsp3) is 0.700. The summed E-state index contributed by atoms with van der Waals surface area (Å²) in [6.07, 6.45) is 10.3. The van der Waals surface area contributed by atoms with Crippen molar-refractivity contribution < 1.29 is 4.79 Å². The first-order chi connectivity index (χ1) is 6.74. The van der Waals surface area contributed by atoms with E-state index >= 15 is 0 Å². The summed E-state index contributed by atoms with van der Waals surface area (Å²) in [4.78, 5) is 11.2. The number of hydrogen-bond acceptors (Lipinski definition) is 3. The van der Waals surface area contributed by atoms with Gasteiger partial charge in [-0.1, -0.05) is 30.3 Å². The second kappa shape index (κ2) is 6.09. The first-order valence-corrected chi connectivity index (χ1v) is 6.23. The number of carbonyl (C=O) groups excluding carboxylic acids is 1. The molecule has 0 saturated carbocycles. The van der Waals surface area contributed by atoms with Crippen LogP contribution in [0.25, 0.3) is 0 Å². The highest BCUT2D eigenvalue weighted by Crippen LogP contribution is 2.12. The molecule has 0 aromatic carbocycles. The van der Waals surface area contributed by atoms with Gasteiger partial charge in [0.25, 0.3) is 5.24 Å². The standard InChI is InChI=1S/C10H18N2OS/c1-14-10(13)12-9-7-5-3-2-4-6-8(9)11/h4,6,8-9H,2-3,5,7,11H2,1H3,(H,12,13)/b6-4+/t8-,9+/m0/s1. The van der Waals surface area contributed by atoms with Crippen molar-refractivity contribution in [2.45, 2.75) is 37.8 Å². The highest BCUT2D eigenvalue weighted by Gasteiger charge is 2.18. The van der Waals surface area contributed by atoms with Gasteiger partial charge < -0.3 is 11.1 Å². The quantitative estimate of drug-likeness (QED) is 0.655. The van der Waals surface area contributed by atoms with Crippen molar-refractivity contribution >= 4 is 17.0 Å². The third-order valence-electron chi connectivity index (χ3n) is 2.45. The summed E-state index contributed by atoms with van der Waals surface area (Å²) in [7, 11) is 0. The first-order valence-electron chi connectivity index (χ1n) is 5.01. The molecule has 14 heavy (non-hydrogen) atoms. The van der Waals surface area contributed by atoms with Gasteiger partial charge in [0.2, 0.25) is 0 Å². The lowest BCUT2D eigenvalue weighted by Gasteiger charge is -2.23. The molecule has 3 N–H and O–H groups in total. The summed E-state index contributed by atoms with van der Waals surface area (Å²) in [5.74, 6) is 0. The molecule has 2 atom stereocenters. The molecular formula is C10H18N2OS. The van der Waals surface area contributed by atoms with Crippen LogP contribution in [0.15, 0.2) is 12.2 Å². The predicted octanol–water partition coefficient (Wildman–Crippen LogP) is 1.89. The molecule has 1 aliphatic rings. The Kier molecular flexibility index (Phi) is 5.04. The fourth-order valence-electron chi connectivity index (χ4n) is 1.59. The topological polar surface area (TPSA) is 55.1 Å². The Morgan fingerprint density at radius 3 is 3.07 bits per heavy atom. The van der Waals surface area contributed by atoms with Gasteiger partial charge in [-0.15, -0.1) is 0 Å². The molecule has 0 fully saturated rings. The molecule has 0 aromatic heterocycles. The summed E-state index contributed by atoms with van der Waals surface area (Å²) in [6, 6.07) is 0.0675. The minimum Gasteiger partial charge on any atom is -0.342 e. The first kappa shape index (κ1) is 11.6. The average molecular weight is 214 g/mol. The number of amides is 1. The molecule has 3 nitrogen and oxygen atoms in total. The van der Waals surface area contributed by atoms with Gasteiger partial charge >= 0.3 is 0 Å². The van der Waals surface area contributed by atoms with Gasteiger partial charge in [0.1, 0.15) is 0 Å². The fourth-order valence-corrected chi connectivity index (χ4v) is 1.85. The van der Waals surface area contributed by atoms with Crippen molar-refractivity contribution in [1.82, 2.24) is 5.32 Å². The largest absolute Gasteiger partial charge is 0.342 e. The molecule has 0 heterocycles. The van der Waals surface area contributed by atoms with Gasteiger partial charge in [0.15, 0.2) is 0 Å². The zero-order valence-electron chi connectivity index (χ0n) is 8.53. The number of nitrogens with two attached hydrogens (primary N) is 1. The van der Waals surface area contributed by atoms with Gasteiger partial charge in [-0.25, -0.2) is 0 Å². The Morgan fingerprint density at radius 1 is 1.57 bits per heavy atom. The second-order valence-electron chi connectivity index (χ2n) is 3.53. The van der Waals surface area contributed by atoms with Crippen LogP contribution in [0.4, 0.5) is 4.79 Å². The molecule has 0 saturated heterocycles. The van der Waals surface area contributed by atoms with Crippen molar-refractivity contribution in [3.05, 3.63) is 12.2 Å². The SMILES string of the molecule is CSC(=O)N[C@@H]1CCCC/C=C/[C@@H]1N. The maximum atomic E-state index is 11.2. The number of hydrogen-bond donors (Lipinski definition) is 2. The van der Waals surface area contributed by atoms with E-state index < -0.39 is 0 Å². The van der Waals surface area contributed by atoms with Crippen molar-refractivity contribution in [3.63, 3.8) is 0 Å². The Balaban J connectivity index is 2.50. The van der Waals surface area contributed by atoms with Gasteiger partial charge in [-0.3, -0.25) is 4.79 Å². The van der Waals surface area contributed by atoms with Crippen molar-refractivity contribution in [3.8, 4) is 0 Å². The van der Waals surface area contributed by atoms with Crippen LogP contribution in [0.2, 0.25) is 0 Å². The lowest BCUT2D eigenvalue weighted by molar-refractivity contribution is 0.255. The Hall–Kier alpha value is -0.480. The van der Waals surface area contributed by atoms with Crippen LogP contribution in [0.1, 0.15) is 25.7 Å². The van der Waals surface area contributed by atoms with Crippen LogP contribution >= 0.6 is 11.8 Å². The Morgan fingerprint density at radius 2 is 2.36 bits per heavy atom. The molecule has 1 rings (SSSR count). The molecular weight excluding hydrogens is 196 g/mol.